The normalized spacial score (nSPS) is 10.7. The van der Waals surface area contributed by atoms with Gasteiger partial charge in [-0.1, -0.05) is 19.1 Å². The van der Waals surface area contributed by atoms with Crippen molar-refractivity contribution in [1.82, 2.24) is 4.90 Å². The van der Waals surface area contributed by atoms with Crippen LogP contribution in [0.2, 0.25) is 0 Å². The van der Waals surface area contributed by atoms with Crippen LogP contribution >= 0.6 is 12.2 Å². The van der Waals surface area contributed by atoms with Crippen molar-refractivity contribution in [2.75, 3.05) is 33.4 Å². The molecule has 0 aliphatic rings. The molecule has 0 saturated heterocycles. The number of nitrogens with two attached hydrogens (primary N) is 1. The van der Waals surface area contributed by atoms with Crippen LogP contribution in [0, 0.1) is 0 Å². The molecular weight excluding hydrogens is 184 g/mol. The summed E-state index contributed by atoms with van der Waals surface area (Å²) in [6.07, 6.45) is 2.24. The largest absolute Gasteiger partial charge is 0.392 e. The quantitative estimate of drug-likeness (QED) is 0.473. The molecule has 0 aromatic heterocycles. The zero-order chi connectivity index (χ0) is 10.1. The van der Waals surface area contributed by atoms with Gasteiger partial charge in [0, 0.05) is 20.3 Å². The van der Waals surface area contributed by atoms with Crippen LogP contribution in [0.25, 0.3) is 0 Å². The van der Waals surface area contributed by atoms with Gasteiger partial charge in [0.1, 0.15) is 0 Å². The number of rotatable bonds is 8. The molecule has 0 aromatic carbocycles. The van der Waals surface area contributed by atoms with Crippen molar-refractivity contribution >= 4 is 17.2 Å². The van der Waals surface area contributed by atoms with E-state index in [0.717, 1.165) is 39.1 Å². The van der Waals surface area contributed by atoms with Gasteiger partial charge in [-0.15, -0.1) is 0 Å². The van der Waals surface area contributed by atoms with E-state index in [-0.39, 0.29) is 0 Å². The fourth-order valence-electron chi connectivity index (χ4n) is 1.15. The van der Waals surface area contributed by atoms with E-state index in [0.29, 0.717) is 4.99 Å². The SMILES string of the molecule is CCN(CCCCOC)CC(N)=S. The summed E-state index contributed by atoms with van der Waals surface area (Å²) >= 11 is 4.85. The molecule has 0 heterocycles. The van der Waals surface area contributed by atoms with E-state index in [4.69, 9.17) is 22.7 Å². The summed E-state index contributed by atoms with van der Waals surface area (Å²) < 4.78 is 4.97. The van der Waals surface area contributed by atoms with E-state index < -0.39 is 0 Å². The maximum Gasteiger partial charge on any atom is 0.0870 e. The summed E-state index contributed by atoms with van der Waals surface area (Å²) in [5.74, 6) is 0. The van der Waals surface area contributed by atoms with Gasteiger partial charge in [-0.05, 0) is 25.9 Å². The van der Waals surface area contributed by atoms with Gasteiger partial charge in [0.25, 0.3) is 0 Å². The Balaban J connectivity index is 3.42. The lowest BCUT2D eigenvalue weighted by Crippen LogP contribution is -2.33. The Labute approximate surface area is 86.2 Å². The maximum absolute atomic E-state index is 5.46. The van der Waals surface area contributed by atoms with Crippen LogP contribution < -0.4 is 5.73 Å². The molecule has 0 radical (unpaired) electrons. The van der Waals surface area contributed by atoms with Gasteiger partial charge in [-0.3, -0.25) is 4.90 Å². The number of likely N-dealkylation sites (N-methyl/N-ethyl adjacent to an activating group) is 1. The standard InChI is InChI=1S/C9H20N2OS/c1-3-11(8-9(10)13)6-4-5-7-12-2/h3-8H2,1-2H3,(H2,10,13). The van der Waals surface area contributed by atoms with Gasteiger partial charge in [-0.25, -0.2) is 0 Å². The third-order valence-electron chi connectivity index (χ3n) is 1.90. The first-order valence-corrected chi connectivity index (χ1v) is 5.11. The van der Waals surface area contributed by atoms with Crippen LogP contribution in [-0.2, 0) is 4.74 Å². The maximum atomic E-state index is 5.46. The van der Waals surface area contributed by atoms with E-state index in [1.807, 2.05) is 0 Å². The Morgan fingerprint density at radius 2 is 2.15 bits per heavy atom. The predicted molar refractivity (Wildman–Crippen MR) is 60.0 cm³/mol. The Bertz CT molecular complexity index is 142. The van der Waals surface area contributed by atoms with Crippen molar-refractivity contribution in [1.29, 1.82) is 0 Å². The predicted octanol–water partition coefficient (Wildman–Crippen LogP) is 1.02. The highest BCUT2D eigenvalue weighted by Crippen LogP contribution is 1.95. The fourth-order valence-corrected chi connectivity index (χ4v) is 1.33. The molecule has 0 amide bonds. The molecule has 3 nitrogen and oxygen atoms in total. The highest BCUT2D eigenvalue weighted by molar-refractivity contribution is 7.80. The van der Waals surface area contributed by atoms with E-state index in [1.165, 1.54) is 0 Å². The number of thiocarbonyl (C=S) groups is 1. The molecule has 0 rings (SSSR count). The molecule has 0 fully saturated rings. The molecular formula is C9H20N2OS. The highest BCUT2D eigenvalue weighted by atomic mass is 32.1. The summed E-state index contributed by atoms with van der Waals surface area (Å²) in [6.45, 7) is 5.75. The first kappa shape index (κ1) is 12.8. The summed E-state index contributed by atoms with van der Waals surface area (Å²) in [7, 11) is 1.73. The van der Waals surface area contributed by atoms with Gasteiger partial charge in [0.15, 0.2) is 0 Å². The summed E-state index contributed by atoms with van der Waals surface area (Å²) in [5, 5.41) is 0. The van der Waals surface area contributed by atoms with Crippen molar-refractivity contribution in [3.8, 4) is 0 Å². The number of nitrogens with zero attached hydrogens (tertiary/aromatic N) is 1. The lowest BCUT2D eigenvalue weighted by molar-refractivity contribution is 0.187. The van der Waals surface area contributed by atoms with E-state index in [1.54, 1.807) is 7.11 Å². The van der Waals surface area contributed by atoms with Crippen molar-refractivity contribution in [2.24, 2.45) is 5.73 Å². The van der Waals surface area contributed by atoms with Gasteiger partial charge in [0.05, 0.1) is 4.99 Å². The van der Waals surface area contributed by atoms with Crippen LogP contribution in [0.4, 0.5) is 0 Å². The average Bonchev–Trinajstić information content (AvgIpc) is 2.09. The lowest BCUT2D eigenvalue weighted by Gasteiger charge is -2.18. The van der Waals surface area contributed by atoms with E-state index in [2.05, 4.69) is 11.8 Å². The zero-order valence-corrected chi connectivity index (χ0v) is 9.40. The molecule has 78 valence electrons. The minimum atomic E-state index is 0.577. The van der Waals surface area contributed by atoms with Gasteiger partial charge < -0.3 is 10.5 Å². The molecule has 0 aliphatic heterocycles. The Kier molecular flexibility index (Phi) is 8.29. The van der Waals surface area contributed by atoms with Crippen molar-refractivity contribution in [2.45, 2.75) is 19.8 Å². The molecule has 0 bridgehead atoms. The lowest BCUT2D eigenvalue weighted by atomic mass is 10.3. The Morgan fingerprint density at radius 1 is 1.46 bits per heavy atom. The molecule has 0 spiro atoms. The smallest absolute Gasteiger partial charge is 0.0870 e. The van der Waals surface area contributed by atoms with Crippen LogP contribution in [0.15, 0.2) is 0 Å². The van der Waals surface area contributed by atoms with E-state index >= 15 is 0 Å². The topological polar surface area (TPSA) is 38.5 Å². The molecule has 2 N–H and O–H groups in total. The minimum absolute atomic E-state index is 0.577. The van der Waals surface area contributed by atoms with Gasteiger partial charge in [0.2, 0.25) is 0 Å². The summed E-state index contributed by atoms with van der Waals surface area (Å²) in [5.41, 5.74) is 5.46. The fraction of sp³-hybridized carbons (Fsp3) is 0.889. The number of ether oxygens (including phenoxy) is 1. The van der Waals surface area contributed by atoms with Crippen LogP contribution in [0.1, 0.15) is 19.8 Å². The summed E-state index contributed by atoms with van der Waals surface area (Å²) in [4.78, 5) is 2.83. The third kappa shape index (κ3) is 8.15. The number of hydrogen-bond donors (Lipinski definition) is 1. The second-order valence-electron chi connectivity index (χ2n) is 3.03. The second-order valence-corrected chi connectivity index (χ2v) is 3.56. The molecule has 13 heavy (non-hydrogen) atoms. The monoisotopic (exact) mass is 204 g/mol. The number of methoxy groups -OCH3 is 1. The first-order chi connectivity index (χ1) is 6.20. The van der Waals surface area contributed by atoms with Crippen molar-refractivity contribution < 1.29 is 4.74 Å². The molecule has 0 saturated carbocycles. The van der Waals surface area contributed by atoms with Crippen molar-refractivity contribution in [3.63, 3.8) is 0 Å². The second kappa shape index (κ2) is 8.41. The molecule has 0 unspecified atom stereocenters. The average molecular weight is 204 g/mol. The molecule has 0 atom stereocenters. The Morgan fingerprint density at radius 3 is 2.62 bits per heavy atom. The number of hydrogen-bond acceptors (Lipinski definition) is 3. The highest BCUT2D eigenvalue weighted by Gasteiger charge is 2.02. The molecule has 0 aliphatic carbocycles. The molecule has 0 aromatic rings. The van der Waals surface area contributed by atoms with Crippen LogP contribution in [0.5, 0.6) is 0 Å². The zero-order valence-electron chi connectivity index (χ0n) is 8.58. The number of unbranched alkanes of at least 4 members (excludes halogenated alkanes) is 1. The van der Waals surface area contributed by atoms with E-state index in [9.17, 15) is 0 Å². The third-order valence-corrected chi connectivity index (χ3v) is 2.03. The summed E-state index contributed by atoms with van der Waals surface area (Å²) in [6, 6.07) is 0. The van der Waals surface area contributed by atoms with Crippen LogP contribution in [0.3, 0.4) is 0 Å². The Hall–Kier alpha value is -0.190. The minimum Gasteiger partial charge on any atom is -0.392 e. The first-order valence-electron chi connectivity index (χ1n) is 4.70. The van der Waals surface area contributed by atoms with Crippen LogP contribution in [-0.4, -0.2) is 43.2 Å². The van der Waals surface area contributed by atoms with Gasteiger partial charge >= 0.3 is 0 Å². The van der Waals surface area contributed by atoms with Crippen molar-refractivity contribution in [3.05, 3.63) is 0 Å². The van der Waals surface area contributed by atoms with Gasteiger partial charge in [-0.2, -0.15) is 0 Å². The molecule has 4 heteroatoms.